The number of aromatic nitrogens is 5. The molecule has 0 radical (unpaired) electrons. The molecule has 144 valence electrons. The van der Waals surface area contributed by atoms with Gasteiger partial charge in [-0.15, -0.1) is 0 Å². The van der Waals surface area contributed by atoms with Gasteiger partial charge in [0, 0.05) is 40.0 Å². The number of fused-ring (bicyclic) bond motifs is 2. The van der Waals surface area contributed by atoms with Crippen molar-refractivity contribution >= 4 is 21.9 Å². The third kappa shape index (κ3) is 3.00. The number of rotatable bonds is 4. The number of ether oxygens (including phenoxy) is 1. The second-order valence-electron chi connectivity index (χ2n) is 6.99. The van der Waals surface area contributed by atoms with E-state index >= 15 is 0 Å². The number of hydrogen-bond acceptors (Lipinski definition) is 4. The van der Waals surface area contributed by atoms with Gasteiger partial charge in [0.2, 0.25) is 0 Å². The van der Waals surface area contributed by atoms with Crippen LogP contribution >= 0.6 is 0 Å². The zero-order chi connectivity index (χ0) is 20.0. The third-order valence-electron chi connectivity index (χ3n) is 5.02. The lowest BCUT2D eigenvalue weighted by Gasteiger charge is -2.16. The predicted molar refractivity (Wildman–Crippen MR) is 109 cm³/mol. The minimum absolute atomic E-state index is 0.389. The molecule has 7 heteroatoms. The minimum Gasteiger partial charge on any atom is -0.486 e. The Morgan fingerprint density at radius 3 is 2.76 bits per heavy atom. The lowest BCUT2D eigenvalue weighted by atomic mass is 10.1. The van der Waals surface area contributed by atoms with Gasteiger partial charge in [0.25, 0.3) is 0 Å². The quantitative estimate of drug-likeness (QED) is 0.450. The van der Waals surface area contributed by atoms with Gasteiger partial charge in [0.15, 0.2) is 0 Å². The van der Waals surface area contributed by atoms with Crippen molar-refractivity contribution in [2.45, 2.75) is 20.0 Å². The number of nitrogens with zero attached hydrogens (tertiary/aromatic N) is 3. The maximum Gasteiger partial charge on any atom is 0.149 e. The molecule has 29 heavy (non-hydrogen) atoms. The fourth-order valence-corrected chi connectivity index (χ4v) is 3.57. The first-order valence-electron chi connectivity index (χ1n) is 9.29. The molecule has 0 bridgehead atoms. The molecule has 2 N–H and O–H groups in total. The number of pyridine rings is 2. The van der Waals surface area contributed by atoms with Gasteiger partial charge in [0.05, 0.1) is 11.7 Å². The molecule has 6 nitrogen and oxygen atoms in total. The van der Waals surface area contributed by atoms with Crippen molar-refractivity contribution < 1.29 is 9.13 Å². The first-order chi connectivity index (χ1) is 14.1. The summed E-state index contributed by atoms with van der Waals surface area (Å²) in [5, 5.41) is 9.10. The number of halogens is 1. The highest BCUT2D eigenvalue weighted by Crippen LogP contribution is 2.33. The van der Waals surface area contributed by atoms with E-state index in [0.717, 1.165) is 27.9 Å². The summed E-state index contributed by atoms with van der Waals surface area (Å²) in [6.07, 6.45) is 4.27. The number of H-pyrrole nitrogens is 2. The van der Waals surface area contributed by atoms with Crippen LogP contribution in [0.25, 0.3) is 33.2 Å². The first kappa shape index (κ1) is 17.4. The van der Waals surface area contributed by atoms with Crippen molar-refractivity contribution in [2.24, 2.45) is 0 Å². The summed E-state index contributed by atoms with van der Waals surface area (Å²) >= 11 is 0. The average molecular weight is 387 g/mol. The van der Waals surface area contributed by atoms with Crippen LogP contribution in [-0.2, 0) is 0 Å². The molecule has 0 saturated carbocycles. The summed E-state index contributed by atoms with van der Waals surface area (Å²) in [5.41, 5.74) is 4.67. The summed E-state index contributed by atoms with van der Waals surface area (Å²) in [6.45, 7) is 3.77. The van der Waals surface area contributed by atoms with E-state index in [1.807, 2.05) is 50.2 Å². The van der Waals surface area contributed by atoms with E-state index in [4.69, 9.17) is 4.74 Å². The SMILES string of the molecule is Cc1ccc(-c2n[nH]c3ccc(O[C@H](C)c4c(F)cnc5[nH]ccc45)cc23)cn1. The number of aryl methyl sites for hydroxylation is 1. The van der Waals surface area contributed by atoms with Crippen molar-refractivity contribution in [3.63, 3.8) is 0 Å². The Morgan fingerprint density at radius 1 is 1.03 bits per heavy atom. The lowest BCUT2D eigenvalue weighted by Crippen LogP contribution is -2.06. The molecular formula is C22H18FN5O. The summed E-state index contributed by atoms with van der Waals surface area (Å²) in [7, 11) is 0. The van der Waals surface area contributed by atoms with Gasteiger partial charge < -0.3 is 9.72 Å². The van der Waals surface area contributed by atoms with Crippen molar-refractivity contribution in [1.82, 2.24) is 25.1 Å². The number of benzene rings is 1. The molecule has 1 aromatic carbocycles. The topological polar surface area (TPSA) is 79.5 Å². The zero-order valence-electron chi connectivity index (χ0n) is 15.9. The van der Waals surface area contributed by atoms with Crippen LogP contribution in [0.2, 0.25) is 0 Å². The van der Waals surface area contributed by atoms with Crippen LogP contribution in [-0.4, -0.2) is 25.1 Å². The summed E-state index contributed by atoms with van der Waals surface area (Å²) in [5.74, 6) is 0.244. The highest BCUT2D eigenvalue weighted by molar-refractivity contribution is 5.93. The Morgan fingerprint density at radius 2 is 1.93 bits per heavy atom. The predicted octanol–water partition coefficient (Wildman–Crippen LogP) is 5.09. The van der Waals surface area contributed by atoms with Crippen molar-refractivity contribution in [1.29, 1.82) is 0 Å². The van der Waals surface area contributed by atoms with Crippen LogP contribution in [0.1, 0.15) is 24.3 Å². The van der Waals surface area contributed by atoms with Gasteiger partial charge in [-0.05, 0) is 50.2 Å². The fourth-order valence-electron chi connectivity index (χ4n) is 3.57. The molecule has 0 saturated heterocycles. The number of nitrogens with one attached hydrogen (secondary N) is 2. The molecule has 0 aliphatic heterocycles. The normalized spacial score (nSPS) is 12.5. The molecule has 0 spiro atoms. The van der Waals surface area contributed by atoms with Crippen LogP contribution in [0.4, 0.5) is 4.39 Å². The Bertz CT molecular complexity index is 1320. The lowest BCUT2D eigenvalue weighted by molar-refractivity contribution is 0.223. The van der Waals surface area contributed by atoms with E-state index in [9.17, 15) is 4.39 Å². The minimum atomic E-state index is -0.495. The van der Waals surface area contributed by atoms with E-state index in [-0.39, 0.29) is 5.82 Å². The average Bonchev–Trinajstić information content (AvgIpc) is 3.35. The number of aromatic amines is 2. The zero-order valence-corrected chi connectivity index (χ0v) is 15.9. The molecule has 0 fully saturated rings. The van der Waals surface area contributed by atoms with Crippen LogP contribution in [0.15, 0.2) is 55.0 Å². The second-order valence-corrected chi connectivity index (χ2v) is 6.99. The fraction of sp³-hybridized carbons (Fsp3) is 0.136. The van der Waals surface area contributed by atoms with E-state index in [1.165, 1.54) is 6.20 Å². The maximum absolute atomic E-state index is 14.5. The summed E-state index contributed by atoms with van der Waals surface area (Å²) in [4.78, 5) is 11.4. The van der Waals surface area contributed by atoms with E-state index in [1.54, 1.807) is 12.4 Å². The molecule has 4 heterocycles. The molecule has 1 atom stereocenters. The standard InChI is InChI=1S/C22H18FN5O/c1-12-3-4-14(10-25-12)21-17-9-15(5-6-19(17)27-28-21)29-13(2)20-16-7-8-24-22(16)26-11-18(20)23/h3-11,13H,1-2H3,(H,24,26)(H,27,28)/t13-/m1/s1. The van der Waals surface area contributed by atoms with Crippen molar-refractivity contribution in [2.75, 3.05) is 0 Å². The summed E-state index contributed by atoms with van der Waals surface area (Å²) in [6, 6.07) is 11.4. The molecule has 5 aromatic rings. The third-order valence-corrected chi connectivity index (χ3v) is 5.02. The molecule has 5 rings (SSSR count). The highest BCUT2D eigenvalue weighted by atomic mass is 19.1. The smallest absolute Gasteiger partial charge is 0.149 e. The molecule has 0 aliphatic rings. The van der Waals surface area contributed by atoms with E-state index in [2.05, 4.69) is 25.1 Å². The van der Waals surface area contributed by atoms with Crippen LogP contribution in [0, 0.1) is 12.7 Å². The first-order valence-corrected chi connectivity index (χ1v) is 9.29. The largest absolute Gasteiger partial charge is 0.486 e. The van der Waals surface area contributed by atoms with Gasteiger partial charge in [-0.2, -0.15) is 5.10 Å². The maximum atomic E-state index is 14.5. The molecule has 4 aromatic heterocycles. The Kier molecular flexibility index (Phi) is 4.01. The van der Waals surface area contributed by atoms with E-state index in [0.29, 0.717) is 22.3 Å². The molecule has 0 unspecified atom stereocenters. The van der Waals surface area contributed by atoms with Gasteiger partial charge >= 0.3 is 0 Å². The van der Waals surface area contributed by atoms with Gasteiger partial charge in [0.1, 0.15) is 29.0 Å². The van der Waals surface area contributed by atoms with Crippen LogP contribution < -0.4 is 4.74 Å². The Hall–Kier alpha value is -3.74. The Labute approximate surface area is 165 Å². The summed E-state index contributed by atoms with van der Waals surface area (Å²) < 4.78 is 20.6. The van der Waals surface area contributed by atoms with Crippen LogP contribution in [0.3, 0.4) is 0 Å². The van der Waals surface area contributed by atoms with Gasteiger partial charge in [-0.1, -0.05) is 0 Å². The molecule has 0 aliphatic carbocycles. The molecule has 0 amide bonds. The van der Waals surface area contributed by atoms with Crippen LogP contribution in [0.5, 0.6) is 5.75 Å². The van der Waals surface area contributed by atoms with E-state index < -0.39 is 6.10 Å². The number of hydrogen-bond donors (Lipinski definition) is 2. The Balaban J connectivity index is 1.52. The second kappa shape index (κ2) is 6.70. The highest BCUT2D eigenvalue weighted by Gasteiger charge is 2.18. The van der Waals surface area contributed by atoms with Crippen molar-refractivity contribution in [3.05, 3.63) is 72.1 Å². The monoisotopic (exact) mass is 387 g/mol. The molecular weight excluding hydrogens is 369 g/mol. The van der Waals surface area contributed by atoms with Gasteiger partial charge in [-0.3, -0.25) is 10.1 Å². The van der Waals surface area contributed by atoms with Crippen molar-refractivity contribution in [3.8, 4) is 17.0 Å². The van der Waals surface area contributed by atoms with Gasteiger partial charge in [-0.25, -0.2) is 9.37 Å².